The molecule has 122 valence electrons. The highest BCUT2D eigenvalue weighted by Crippen LogP contribution is 2.23. The van der Waals surface area contributed by atoms with E-state index in [2.05, 4.69) is 4.98 Å². The number of carboxylic acids is 1. The zero-order chi connectivity index (χ0) is 16.8. The molecule has 0 aliphatic rings. The summed E-state index contributed by atoms with van der Waals surface area (Å²) in [7, 11) is 3.05. The molecule has 0 bridgehead atoms. The van der Waals surface area contributed by atoms with Crippen molar-refractivity contribution in [1.82, 2.24) is 9.88 Å². The summed E-state index contributed by atoms with van der Waals surface area (Å²) in [6.45, 7) is -0.283. The highest BCUT2D eigenvalue weighted by Gasteiger charge is 2.20. The van der Waals surface area contributed by atoms with Gasteiger partial charge in [0, 0.05) is 18.8 Å². The highest BCUT2D eigenvalue weighted by molar-refractivity contribution is 5.94. The summed E-state index contributed by atoms with van der Waals surface area (Å²) in [5.74, 6) is -0.331. The minimum Gasteiger partial charge on any atom is -0.497 e. The second-order valence-electron chi connectivity index (χ2n) is 4.86. The number of carbonyl (C=O) groups excluding carboxylic acids is 1. The van der Waals surface area contributed by atoms with Gasteiger partial charge in [-0.3, -0.25) is 9.59 Å². The number of carbonyl (C=O) groups is 2. The molecule has 2 N–H and O–H groups in total. The number of hydrogen-bond donors (Lipinski definition) is 2. The van der Waals surface area contributed by atoms with Crippen molar-refractivity contribution in [2.24, 2.45) is 0 Å². The number of rotatable bonds is 7. The van der Waals surface area contributed by atoms with Crippen LogP contribution in [0.2, 0.25) is 0 Å². The molecule has 0 radical (unpaired) electrons. The summed E-state index contributed by atoms with van der Waals surface area (Å²) in [5, 5.41) is 9.06. The van der Waals surface area contributed by atoms with Crippen molar-refractivity contribution in [2.45, 2.75) is 6.54 Å². The summed E-state index contributed by atoms with van der Waals surface area (Å²) < 4.78 is 10.4. The summed E-state index contributed by atoms with van der Waals surface area (Å²) in [4.78, 5) is 27.5. The fourth-order valence-corrected chi connectivity index (χ4v) is 2.17. The molecule has 2 rings (SSSR count). The van der Waals surface area contributed by atoms with Crippen LogP contribution in [-0.2, 0) is 11.3 Å². The number of benzene rings is 1. The van der Waals surface area contributed by atoms with Crippen LogP contribution < -0.4 is 9.47 Å². The summed E-state index contributed by atoms with van der Waals surface area (Å²) >= 11 is 0. The Labute approximate surface area is 133 Å². The van der Waals surface area contributed by atoms with Crippen molar-refractivity contribution in [2.75, 3.05) is 20.8 Å². The van der Waals surface area contributed by atoms with Crippen molar-refractivity contribution >= 4 is 11.9 Å². The number of nitrogens with zero attached hydrogens (tertiary/aromatic N) is 1. The molecule has 0 fully saturated rings. The Morgan fingerprint density at radius 1 is 1.17 bits per heavy atom. The normalized spacial score (nSPS) is 10.2. The van der Waals surface area contributed by atoms with Crippen LogP contribution in [0.5, 0.6) is 11.5 Å². The molecule has 0 unspecified atom stereocenters. The van der Waals surface area contributed by atoms with Crippen molar-refractivity contribution in [1.29, 1.82) is 0 Å². The van der Waals surface area contributed by atoms with E-state index in [4.69, 9.17) is 14.6 Å². The number of aromatic nitrogens is 1. The largest absolute Gasteiger partial charge is 0.497 e. The average molecular weight is 318 g/mol. The summed E-state index contributed by atoms with van der Waals surface area (Å²) in [6.07, 6.45) is 1.61. The Hall–Kier alpha value is -2.96. The molecule has 7 nitrogen and oxygen atoms in total. The van der Waals surface area contributed by atoms with E-state index in [1.807, 2.05) is 0 Å². The molecule has 1 heterocycles. The fraction of sp³-hybridized carbons (Fsp3) is 0.250. The number of methoxy groups -OCH3 is 2. The minimum atomic E-state index is -1.08. The number of ether oxygens (including phenoxy) is 2. The van der Waals surface area contributed by atoms with Gasteiger partial charge < -0.3 is 24.5 Å². The molecule has 23 heavy (non-hydrogen) atoms. The van der Waals surface area contributed by atoms with Crippen LogP contribution in [0.4, 0.5) is 0 Å². The third-order valence-electron chi connectivity index (χ3n) is 3.23. The van der Waals surface area contributed by atoms with Gasteiger partial charge in [-0.2, -0.15) is 0 Å². The van der Waals surface area contributed by atoms with Gasteiger partial charge in [-0.15, -0.1) is 0 Å². The summed E-state index contributed by atoms with van der Waals surface area (Å²) in [6, 6.07) is 8.46. The lowest BCUT2D eigenvalue weighted by molar-refractivity contribution is -0.137. The van der Waals surface area contributed by atoms with Gasteiger partial charge in [0.2, 0.25) is 0 Å². The van der Waals surface area contributed by atoms with E-state index in [1.54, 1.807) is 36.5 Å². The molecule has 1 aromatic heterocycles. The van der Waals surface area contributed by atoms with Gasteiger partial charge in [-0.05, 0) is 29.8 Å². The average Bonchev–Trinajstić information content (AvgIpc) is 3.07. The Bertz CT molecular complexity index is 660. The molecule has 1 aromatic carbocycles. The number of nitrogens with one attached hydrogen (secondary N) is 1. The first-order valence-electron chi connectivity index (χ1n) is 6.90. The van der Waals surface area contributed by atoms with Crippen molar-refractivity contribution < 1.29 is 24.2 Å². The molecule has 0 spiro atoms. The molecule has 2 aromatic rings. The van der Waals surface area contributed by atoms with Gasteiger partial charge in [0.05, 0.1) is 14.2 Å². The van der Waals surface area contributed by atoms with Crippen LogP contribution in [0.25, 0.3) is 0 Å². The third-order valence-corrected chi connectivity index (χ3v) is 3.23. The number of H-pyrrole nitrogens is 1. The van der Waals surface area contributed by atoms with Crippen LogP contribution >= 0.6 is 0 Å². The van der Waals surface area contributed by atoms with Gasteiger partial charge in [-0.1, -0.05) is 0 Å². The molecular formula is C16H18N2O5. The quantitative estimate of drug-likeness (QED) is 0.811. The van der Waals surface area contributed by atoms with E-state index >= 15 is 0 Å². The number of aliphatic carboxylic acids is 1. The third kappa shape index (κ3) is 4.26. The van der Waals surface area contributed by atoms with Crippen LogP contribution in [0.15, 0.2) is 36.5 Å². The first kappa shape index (κ1) is 16.4. The smallest absolute Gasteiger partial charge is 0.323 e. The first-order valence-corrected chi connectivity index (χ1v) is 6.90. The second-order valence-corrected chi connectivity index (χ2v) is 4.86. The monoisotopic (exact) mass is 318 g/mol. The molecule has 0 atom stereocenters. The van der Waals surface area contributed by atoms with Crippen LogP contribution in [0.3, 0.4) is 0 Å². The molecule has 0 saturated carbocycles. The van der Waals surface area contributed by atoms with E-state index in [0.29, 0.717) is 22.8 Å². The predicted molar refractivity (Wildman–Crippen MR) is 82.7 cm³/mol. The lowest BCUT2D eigenvalue weighted by atomic mass is 10.1. The number of hydrogen-bond acceptors (Lipinski definition) is 4. The maximum Gasteiger partial charge on any atom is 0.323 e. The van der Waals surface area contributed by atoms with Crippen LogP contribution in [0, 0.1) is 0 Å². The molecule has 0 saturated heterocycles. The zero-order valence-corrected chi connectivity index (χ0v) is 12.9. The lowest BCUT2D eigenvalue weighted by Crippen LogP contribution is -2.35. The Morgan fingerprint density at radius 2 is 1.83 bits per heavy atom. The van der Waals surface area contributed by atoms with E-state index in [-0.39, 0.29) is 12.5 Å². The lowest BCUT2D eigenvalue weighted by Gasteiger charge is -2.21. The molecule has 0 aliphatic carbocycles. The SMILES string of the molecule is COc1cc(CN(CC(=O)O)C(=O)c2ccc[nH]2)cc(OC)c1. The van der Waals surface area contributed by atoms with E-state index < -0.39 is 12.5 Å². The van der Waals surface area contributed by atoms with Gasteiger partial charge in [0.1, 0.15) is 23.7 Å². The molecular weight excluding hydrogens is 300 g/mol. The predicted octanol–water partition coefficient (Wildman–Crippen LogP) is 1.76. The molecule has 0 aliphatic heterocycles. The minimum absolute atomic E-state index is 0.123. The van der Waals surface area contributed by atoms with Crippen molar-refractivity contribution in [3.8, 4) is 11.5 Å². The fourth-order valence-electron chi connectivity index (χ4n) is 2.17. The molecule has 1 amide bonds. The summed E-state index contributed by atoms with van der Waals surface area (Å²) in [5.41, 5.74) is 1.04. The van der Waals surface area contributed by atoms with Gasteiger partial charge in [0.25, 0.3) is 5.91 Å². The van der Waals surface area contributed by atoms with E-state index in [1.165, 1.54) is 19.1 Å². The van der Waals surface area contributed by atoms with Gasteiger partial charge >= 0.3 is 5.97 Å². The highest BCUT2D eigenvalue weighted by atomic mass is 16.5. The van der Waals surface area contributed by atoms with E-state index in [0.717, 1.165) is 0 Å². The van der Waals surface area contributed by atoms with Gasteiger partial charge in [0.15, 0.2) is 0 Å². The topological polar surface area (TPSA) is 91.9 Å². The zero-order valence-electron chi connectivity index (χ0n) is 12.9. The van der Waals surface area contributed by atoms with Crippen LogP contribution in [0.1, 0.15) is 16.1 Å². The number of aromatic amines is 1. The van der Waals surface area contributed by atoms with Crippen LogP contribution in [-0.4, -0.2) is 47.6 Å². The Morgan fingerprint density at radius 3 is 2.30 bits per heavy atom. The molecule has 7 heteroatoms. The number of carboxylic acid groups (broad SMARTS) is 1. The van der Waals surface area contributed by atoms with E-state index in [9.17, 15) is 9.59 Å². The Kier molecular flexibility index (Phi) is 5.24. The second kappa shape index (κ2) is 7.35. The number of amides is 1. The van der Waals surface area contributed by atoms with Gasteiger partial charge in [-0.25, -0.2) is 0 Å². The van der Waals surface area contributed by atoms with Crippen molar-refractivity contribution in [3.63, 3.8) is 0 Å². The first-order chi connectivity index (χ1) is 11.0. The standard InChI is InChI=1S/C16H18N2O5/c1-22-12-6-11(7-13(8-12)23-2)9-18(10-15(19)20)16(21)14-4-3-5-17-14/h3-8,17H,9-10H2,1-2H3,(H,19,20). The Balaban J connectivity index is 2.27. The maximum atomic E-state index is 12.4. The maximum absolute atomic E-state index is 12.4. The van der Waals surface area contributed by atoms with Crippen molar-refractivity contribution in [3.05, 3.63) is 47.8 Å².